The molecule has 0 aliphatic heterocycles. The van der Waals surface area contributed by atoms with E-state index in [9.17, 15) is 13.2 Å². The summed E-state index contributed by atoms with van der Waals surface area (Å²) in [5, 5.41) is 13.5. The van der Waals surface area contributed by atoms with Crippen molar-refractivity contribution in [3.63, 3.8) is 0 Å². The molecule has 0 heterocycles. The molecule has 0 saturated carbocycles. The van der Waals surface area contributed by atoms with Gasteiger partial charge in [0, 0.05) is 0 Å². The van der Waals surface area contributed by atoms with Gasteiger partial charge in [-0.2, -0.15) is 0 Å². The van der Waals surface area contributed by atoms with Crippen LogP contribution in [0.25, 0.3) is 0 Å². The molecule has 0 unspecified atom stereocenters. The lowest BCUT2D eigenvalue weighted by atomic mass is 10.2. The number of rotatable bonds is 2. The molecule has 0 bridgehead atoms. The van der Waals surface area contributed by atoms with Crippen LogP contribution in [0.1, 0.15) is 10.4 Å². The molecule has 1 aromatic carbocycles. The third-order valence-corrected chi connectivity index (χ3v) is 2.59. The molecule has 0 aliphatic carbocycles. The molecule has 5 N–H and O–H groups in total. The average Bonchev–Trinajstić information content (AvgIpc) is 2.01. The summed E-state index contributed by atoms with van der Waals surface area (Å²) in [6.45, 7) is 0. The van der Waals surface area contributed by atoms with Crippen molar-refractivity contribution in [2.24, 2.45) is 5.14 Å². The summed E-state index contributed by atoms with van der Waals surface area (Å²) in [4.78, 5) is 10.1. The molecule has 0 spiro atoms. The van der Waals surface area contributed by atoms with Gasteiger partial charge in [-0.05, 0) is 12.1 Å². The maximum absolute atomic E-state index is 11.0. The molecule has 0 aliphatic rings. The SMILES string of the molecule is Nc1cccc(C(=O)O)c1S(N)(=O)=O. The van der Waals surface area contributed by atoms with E-state index in [0.717, 1.165) is 6.07 Å². The highest BCUT2D eigenvalue weighted by molar-refractivity contribution is 7.89. The minimum Gasteiger partial charge on any atom is -0.478 e. The van der Waals surface area contributed by atoms with Gasteiger partial charge >= 0.3 is 5.97 Å². The Morgan fingerprint density at radius 3 is 2.29 bits per heavy atom. The van der Waals surface area contributed by atoms with E-state index >= 15 is 0 Å². The molecule has 0 atom stereocenters. The molecule has 0 amide bonds. The maximum atomic E-state index is 11.0. The van der Waals surface area contributed by atoms with Gasteiger partial charge in [0.2, 0.25) is 10.0 Å². The van der Waals surface area contributed by atoms with Crippen molar-refractivity contribution in [3.05, 3.63) is 23.8 Å². The van der Waals surface area contributed by atoms with Gasteiger partial charge in [0.1, 0.15) is 4.90 Å². The number of carboxylic acid groups (broad SMARTS) is 1. The normalized spacial score (nSPS) is 11.2. The van der Waals surface area contributed by atoms with E-state index in [2.05, 4.69) is 0 Å². The van der Waals surface area contributed by atoms with Crippen LogP contribution in [0.5, 0.6) is 0 Å². The summed E-state index contributed by atoms with van der Waals surface area (Å²) in [6.07, 6.45) is 0. The Balaban J connectivity index is 3.62. The Hall–Kier alpha value is -1.60. The fraction of sp³-hybridized carbons (Fsp3) is 0. The molecule has 0 fully saturated rings. The van der Waals surface area contributed by atoms with E-state index in [0.29, 0.717) is 0 Å². The van der Waals surface area contributed by atoms with E-state index in [1.54, 1.807) is 0 Å². The molecule has 14 heavy (non-hydrogen) atoms. The number of nitrogens with two attached hydrogens (primary N) is 2. The summed E-state index contributed by atoms with van der Waals surface area (Å²) in [5.41, 5.74) is 4.73. The van der Waals surface area contributed by atoms with Crippen molar-refractivity contribution in [2.45, 2.75) is 4.90 Å². The molecular weight excluding hydrogens is 208 g/mol. The lowest BCUT2D eigenvalue weighted by molar-refractivity contribution is 0.0692. The number of benzene rings is 1. The third-order valence-electron chi connectivity index (χ3n) is 1.56. The first kappa shape index (κ1) is 10.5. The number of primary sulfonamides is 1. The molecule has 7 heteroatoms. The quantitative estimate of drug-likeness (QED) is 0.581. The molecule has 0 radical (unpaired) electrons. The van der Waals surface area contributed by atoms with E-state index in [4.69, 9.17) is 16.0 Å². The van der Waals surface area contributed by atoms with Crippen LogP contribution in [-0.2, 0) is 10.0 Å². The van der Waals surface area contributed by atoms with Crippen molar-refractivity contribution in [1.82, 2.24) is 0 Å². The zero-order chi connectivity index (χ0) is 10.9. The van der Waals surface area contributed by atoms with E-state index in [1.165, 1.54) is 12.1 Å². The van der Waals surface area contributed by atoms with Crippen molar-refractivity contribution in [1.29, 1.82) is 0 Å². The molecule has 0 aromatic heterocycles. The van der Waals surface area contributed by atoms with Crippen LogP contribution in [-0.4, -0.2) is 19.5 Å². The number of aromatic carboxylic acids is 1. The standard InChI is InChI=1S/C7H8N2O4S/c8-5-3-1-2-4(7(10)11)6(5)14(9,12)13/h1-3H,8H2,(H,10,11)(H2,9,12,13). The van der Waals surface area contributed by atoms with Crippen molar-refractivity contribution in [3.8, 4) is 0 Å². The van der Waals surface area contributed by atoms with Gasteiger partial charge in [-0.15, -0.1) is 0 Å². The van der Waals surface area contributed by atoms with Gasteiger partial charge in [-0.25, -0.2) is 18.4 Å². The van der Waals surface area contributed by atoms with Crippen molar-refractivity contribution in [2.75, 3.05) is 5.73 Å². The summed E-state index contributed by atoms with van der Waals surface area (Å²) in [7, 11) is -4.11. The van der Waals surface area contributed by atoms with Gasteiger partial charge in [0.15, 0.2) is 0 Å². The van der Waals surface area contributed by atoms with E-state index in [-0.39, 0.29) is 5.69 Å². The minimum atomic E-state index is -4.11. The van der Waals surface area contributed by atoms with Gasteiger partial charge in [-0.3, -0.25) is 0 Å². The summed E-state index contributed by atoms with van der Waals surface area (Å²) < 4.78 is 22.0. The van der Waals surface area contributed by atoms with Crippen LogP contribution in [0.15, 0.2) is 23.1 Å². The van der Waals surface area contributed by atoms with Crippen LogP contribution in [0.4, 0.5) is 5.69 Å². The smallest absolute Gasteiger partial charge is 0.337 e. The molecular formula is C7H8N2O4S. The maximum Gasteiger partial charge on any atom is 0.337 e. The number of hydrogen-bond donors (Lipinski definition) is 3. The Bertz CT molecular complexity index is 480. The highest BCUT2D eigenvalue weighted by Gasteiger charge is 2.21. The second-order valence-electron chi connectivity index (χ2n) is 2.57. The van der Waals surface area contributed by atoms with Crippen molar-refractivity contribution >= 4 is 21.7 Å². The Kier molecular flexibility index (Phi) is 2.45. The molecule has 6 nitrogen and oxygen atoms in total. The van der Waals surface area contributed by atoms with Crippen LogP contribution >= 0.6 is 0 Å². The third kappa shape index (κ3) is 1.83. The number of carboxylic acids is 1. The molecule has 76 valence electrons. The number of nitrogen functional groups attached to an aromatic ring is 1. The predicted molar refractivity (Wildman–Crippen MR) is 49.2 cm³/mol. The monoisotopic (exact) mass is 216 g/mol. The minimum absolute atomic E-state index is 0.174. The first-order chi connectivity index (χ1) is 6.34. The Labute approximate surface area is 80.2 Å². The molecule has 1 aromatic rings. The first-order valence-electron chi connectivity index (χ1n) is 3.48. The highest BCUT2D eigenvalue weighted by Crippen LogP contribution is 2.21. The number of sulfonamides is 1. The topological polar surface area (TPSA) is 123 Å². The molecule has 1 rings (SSSR count). The van der Waals surface area contributed by atoms with E-state index < -0.39 is 26.5 Å². The lowest BCUT2D eigenvalue weighted by Crippen LogP contribution is -2.18. The number of hydrogen-bond acceptors (Lipinski definition) is 4. The highest BCUT2D eigenvalue weighted by atomic mass is 32.2. The zero-order valence-corrected chi connectivity index (χ0v) is 7.78. The number of anilines is 1. The van der Waals surface area contributed by atoms with Crippen LogP contribution in [0.3, 0.4) is 0 Å². The first-order valence-corrected chi connectivity index (χ1v) is 5.03. The summed E-state index contributed by atoms with van der Waals surface area (Å²) in [6, 6.07) is 3.73. The van der Waals surface area contributed by atoms with Gasteiger partial charge in [0.25, 0.3) is 0 Å². The van der Waals surface area contributed by atoms with Gasteiger partial charge in [-0.1, -0.05) is 6.07 Å². The van der Waals surface area contributed by atoms with E-state index in [1.807, 2.05) is 0 Å². The van der Waals surface area contributed by atoms with Crippen LogP contribution in [0.2, 0.25) is 0 Å². The second-order valence-corrected chi connectivity index (χ2v) is 4.07. The fourth-order valence-electron chi connectivity index (χ4n) is 1.04. The lowest BCUT2D eigenvalue weighted by Gasteiger charge is -2.05. The zero-order valence-electron chi connectivity index (χ0n) is 6.97. The summed E-state index contributed by atoms with van der Waals surface area (Å²) in [5.74, 6) is -1.39. The van der Waals surface area contributed by atoms with Gasteiger partial charge in [0.05, 0.1) is 11.3 Å². The Morgan fingerprint density at radius 1 is 1.36 bits per heavy atom. The fourth-order valence-corrected chi connectivity index (χ4v) is 1.90. The largest absolute Gasteiger partial charge is 0.478 e. The second kappa shape index (κ2) is 3.28. The molecule has 0 saturated heterocycles. The predicted octanol–water partition coefficient (Wildman–Crippen LogP) is -0.386. The van der Waals surface area contributed by atoms with Crippen molar-refractivity contribution < 1.29 is 18.3 Å². The van der Waals surface area contributed by atoms with Crippen LogP contribution < -0.4 is 10.9 Å². The number of carbonyl (C=O) groups is 1. The van der Waals surface area contributed by atoms with Crippen LogP contribution in [0, 0.1) is 0 Å². The Morgan fingerprint density at radius 2 is 1.93 bits per heavy atom. The average molecular weight is 216 g/mol. The van der Waals surface area contributed by atoms with Gasteiger partial charge < -0.3 is 10.8 Å². The summed E-state index contributed by atoms with van der Waals surface area (Å²) >= 11 is 0.